The molecule has 1 aromatic rings. The van der Waals surface area contributed by atoms with Crippen LogP contribution in [0, 0.1) is 5.82 Å². The molecule has 116 valence electrons. The number of halogens is 1. The zero-order chi connectivity index (χ0) is 15.2. The molecular formula is C16H24FN3O. The van der Waals surface area contributed by atoms with Gasteiger partial charge in [0.1, 0.15) is 5.82 Å². The fraction of sp³-hybridized carbons (Fsp3) is 0.562. The number of hydrogen-bond acceptors (Lipinski definition) is 2. The van der Waals surface area contributed by atoms with Crippen molar-refractivity contribution in [3.05, 3.63) is 35.6 Å². The van der Waals surface area contributed by atoms with Gasteiger partial charge >= 0.3 is 6.03 Å². The Morgan fingerprint density at radius 1 is 1.43 bits per heavy atom. The van der Waals surface area contributed by atoms with Crippen molar-refractivity contribution in [2.75, 3.05) is 26.2 Å². The summed E-state index contributed by atoms with van der Waals surface area (Å²) in [6.45, 7) is 7.09. The molecule has 0 aliphatic carbocycles. The second-order valence-electron chi connectivity index (χ2n) is 5.63. The number of carbonyl (C=O) groups excluding carboxylic acids is 1. The minimum Gasteiger partial charge on any atom is -0.338 e. The normalized spacial score (nSPS) is 19.6. The van der Waals surface area contributed by atoms with Crippen LogP contribution in [0.15, 0.2) is 24.3 Å². The molecular weight excluding hydrogens is 269 g/mol. The molecule has 2 atom stereocenters. The average Bonchev–Trinajstić information content (AvgIpc) is 2.95. The topological polar surface area (TPSA) is 44.4 Å². The van der Waals surface area contributed by atoms with E-state index >= 15 is 0 Å². The SMILES string of the molecule is CCNC(=O)N1CC[C@@H](NC[C@@H](C)c2ccc(F)cc2)C1. The number of carbonyl (C=O) groups is 1. The molecule has 21 heavy (non-hydrogen) atoms. The molecule has 0 aromatic heterocycles. The van der Waals surface area contributed by atoms with Gasteiger partial charge in [-0.1, -0.05) is 19.1 Å². The van der Waals surface area contributed by atoms with Gasteiger partial charge in [-0.25, -0.2) is 9.18 Å². The van der Waals surface area contributed by atoms with Crippen molar-refractivity contribution < 1.29 is 9.18 Å². The maximum absolute atomic E-state index is 12.9. The highest BCUT2D eigenvalue weighted by atomic mass is 19.1. The van der Waals surface area contributed by atoms with Crippen LogP contribution >= 0.6 is 0 Å². The van der Waals surface area contributed by atoms with Crippen molar-refractivity contribution in [3.63, 3.8) is 0 Å². The highest BCUT2D eigenvalue weighted by Gasteiger charge is 2.25. The number of urea groups is 1. The third-order valence-electron chi connectivity index (χ3n) is 3.96. The predicted molar refractivity (Wildman–Crippen MR) is 81.9 cm³/mol. The van der Waals surface area contributed by atoms with Crippen molar-refractivity contribution in [1.29, 1.82) is 0 Å². The molecule has 4 nitrogen and oxygen atoms in total. The molecule has 0 unspecified atom stereocenters. The molecule has 0 radical (unpaired) electrons. The van der Waals surface area contributed by atoms with E-state index in [0.29, 0.717) is 18.5 Å². The third-order valence-corrected chi connectivity index (χ3v) is 3.96. The Balaban J connectivity index is 1.76. The lowest BCUT2D eigenvalue weighted by Crippen LogP contribution is -2.41. The summed E-state index contributed by atoms with van der Waals surface area (Å²) < 4.78 is 12.9. The lowest BCUT2D eigenvalue weighted by molar-refractivity contribution is 0.208. The Morgan fingerprint density at radius 2 is 2.14 bits per heavy atom. The number of nitrogens with zero attached hydrogens (tertiary/aromatic N) is 1. The first-order valence-corrected chi connectivity index (χ1v) is 7.61. The highest BCUT2D eigenvalue weighted by molar-refractivity contribution is 5.74. The maximum atomic E-state index is 12.9. The Hall–Kier alpha value is -1.62. The van der Waals surface area contributed by atoms with E-state index in [-0.39, 0.29) is 11.8 Å². The molecule has 2 rings (SSSR count). The second-order valence-corrected chi connectivity index (χ2v) is 5.63. The van der Waals surface area contributed by atoms with Gasteiger partial charge in [-0.2, -0.15) is 0 Å². The van der Waals surface area contributed by atoms with Crippen LogP contribution in [0.1, 0.15) is 31.7 Å². The van der Waals surface area contributed by atoms with Crippen LogP contribution in [0.4, 0.5) is 9.18 Å². The Bertz CT molecular complexity index is 463. The molecule has 1 fully saturated rings. The van der Waals surface area contributed by atoms with E-state index in [1.807, 2.05) is 24.0 Å². The van der Waals surface area contributed by atoms with Crippen LogP contribution in [0.2, 0.25) is 0 Å². The second kappa shape index (κ2) is 7.41. The predicted octanol–water partition coefficient (Wildman–Crippen LogP) is 2.32. The third kappa shape index (κ3) is 4.43. The van der Waals surface area contributed by atoms with Gasteiger partial charge in [0.05, 0.1) is 0 Å². The lowest BCUT2D eigenvalue weighted by Gasteiger charge is -2.19. The summed E-state index contributed by atoms with van der Waals surface area (Å²) in [5.41, 5.74) is 1.13. The van der Waals surface area contributed by atoms with Gasteiger partial charge in [-0.15, -0.1) is 0 Å². The first kappa shape index (κ1) is 15.8. The Labute approximate surface area is 125 Å². The minimum atomic E-state index is -0.202. The molecule has 1 aromatic carbocycles. The molecule has 0 bridgehead atoms. The summed E-state index contributed by atoms with van der Waals surface area (Å²) >= 11 is 0. The largest absolute Gasteiger partial charge is 0.338 e. The van der Waals surface area contributed by atoms with Crippen LogP contribution in [0.5, 0.6) is 0 Å². The van der Waals surface area contributed by atoms with Crippen molar-refractivity contribution in [2.24, 2.45) is 0 Å². The summed E-state index contributed by atoms with van der Waals surface area (Å²) in [7, 11) is 0. The number of nitrogens with one attached hydrogen (secondary N) is 2. The molecule has 1 heterocycles. The lowest BCUT2D eigenvalue weighted by atomic mass is 10.0. The van der Waals surface area contributed by atoms with Crippen molar-refractivity contribution in [1.82, 2.24) is 15.5 Å². The fourth-order valence-electron chi connectivity index (χ4n) is 2.63. The Kier molecular flexibility index (Phi) is 5.56. The summed E-state index contributed by atoms with van der Waals surface area (Å²) in [6, 6.07) is 7.02. The molecule has 1 saturated heterocycles. The van der Waals surface area contributed by atoms with Gasteiger partial charge in [-0.05, 0) is 37.0 Å². The highest BCUT2D eigenvalue weighted by Crippen LogP contribution is 2.16. The standard InChI is InChI=1S/C16H24FN3O/c1-3-18-16(21)20-9-8-15(11-20)19-10-12(2)13-4-6-14(17)7-5-13/h4-7,12,15,19H,3,8-11H2,1-2H3,(H,18,21)/t12-,15-/m1/s1. The van der Waals surface area contributed by atoms with Crippen LogP contribution < -0.4 is 10.6 Å². The number of hydrogen-bond donors (Lipinski definition) is 2. The van der Waals surface area contributed by atoms with Crippen molar-refractivity contribution in [2.45, 2.75) is 32.2 Å². The molecule has 2 N–H and O–H groups in total. The van der Waals surface area contributed by atoms with E-state index < -0.39 is 0 Å². The van der Waals surface area contributed by atoms with Gasteiger partial charge in [0, 0.05) is 32.2 Å². The Morgan fingerprint density at radius 3 is 2.81 bits per heavy atom. The zero-order valence-corrected chi connectivity index (χ0v) is 12.7. The minimum absolute atomic E-state index is 0.0217. The van der Waals surface area contributed by atoms with E-state index in [1.165, 1.54) is 12.1 Å². The zero-order valence-electron chi connectivity index (χ0n) is 12.7. The molecule has 2 amide bonds. The van der Waals surface area contributed by atoms with Crippen molar-refractivity contribution in [3.8, 4) is 0 Å². The van der Waals surface area contributed by atoms with E-state index in [1.54, 1.807) is 0 Å². The van der Waals surface area contributed by atoms with Gasteiger partial charge < -0.3 is 15.5 Å². The smallest absolute Gasteiger partial charge is 0.317 e. The first-order valence-electron chi connectivity index (χ1n) is 7.61. The molecule has 5 heteroatoms. The number of amides is 2. The van der Waals surface area contributed by atoms with E-state index in [9.17, 15) is 9.18 Å². The van der Waals surface area contributed by atoms with Gasteiger partial charge in [0.15, 0.2) is 0 Å². The first-order chi connectivity index (χ1) is 10.1. The fourth-order valence-corrected chi connectivity index (χ4v) is 2.63. The number of rotatable bonds is 5. The summed E-state index contributed by atoms with van der Waals surface area (Å²) in [6.07, 6.45) is 0.979. The average molecular weight is 293 g/mol. The van der Waals surface area contributed by atoms with E-state index in [2.05, 4.69) is 17.6 Å². The summed E-state index contributed by atoms with van der Waals surface area (Å²) in [5.74, 6) is 0.122. The van der Waals surface area contributed by atoms with Crippen LogP contribution in [-0.4, -0.2) is 43.2 Å². The number of benzene rings is 1. The molecule has 0 saturated carbocycles. The van der Waals surface area contributed by atoms with Crippen LogP contribution in [-0.2, 0) is 0 Å². The van der Waals surface area contributed by atoms with Crippen LogP contribution in [0.25, 0.3) is 0 Å². The van der Waals surface area contributed by atoms with Gasteiger partial charge in [-0.3, -0.25) is 0 Å². The van der Waals surface area contributed by atoms with E-state index in [0.717, 1.165) is 31.6 Å². The monoisotopic (exact) mass is 293 g/mol. The summed E-state index contributed by atoms with van der Waals surface area (Å²) in [5, 5.41) is 6.33. The van der Waals surface area contributed by atoms with Gasteiger partial charge in [0.2, 0.25) is 0 Å². The molecule has 1 aliphatic rings. The quantitative estimate of drug-likeness (QED) is 0.875. The van der Waals surface area contributed by atoms with Crippen molar-refractivity contribution >= 4 is 6.03 Å². The number of likely N-dealkylation sites (tertiary alicyclic amines) is 1. The molecule has 0 spiro atoms. The van der Waals surface area contributed by atoms with Gasteiger partial charge in [0.25, 0.3) is 0 Å². The van der Waals surface area contributed by atoms with E-state index in [4.69, 9.17) is 0 Å². The molecule has 1 aliphatic heterocycles. The van der Waals surface area contributed by atoms with Crippen LogP contribution in [0.3, 0.4) is 0 Å². The maximum Gasteiger partial charge on any atom is 0.317 e. The summed E-state index contributed by atoms with van der Waals surface area (Å²) in [4.78, 5) is 13.6.